The summed E-state index contributed by atoms with van der Waals surface area (Å²) in [7, 11) is 0. The molecule has 0 saturated heterocycles. The molecular formula is C39H41BrClNO4. The van der Waals surface area contributed by atoms with Gasteiger partial charge in [-0.05, 0) is 87.5 Å². The molecule has 0 spiro atoms. The zero-order chi connectivity index (χ0) is 32.8. The number of allylic oxidation sites excluding steroid dienone is 4. The number of rotatable bonds is 8. The summed E-state index contributed by atoms with van der Waals surface area (Å²) in [5, 5.41) is 0.646. The fraction of sp³-hybridized carbons (Fsp3) is 0.385. The first-order chi connectivity index (χ1) is 21.9. The molecule has 1 aliphatic heterocycles. The summed E-state index contributed by atoms with van der Waals surface area (Å²) in [5.74, 6) is 0.865. The van der Waals surface area contributed by atoms with Gasteiger partial charge in [0.05, 0.1) is 11.1 Å². The molecule has 3 aromatic rings. The third kappa shape index (κ3) is 6.57. The summed E-state index contributed by atoms with van der Waals surface area (Å²) in [6.07, 6.45) is 2.38. The Morgan fingerprint density at radius 3 is 2.00 bits per heavy atom. The van der Waals surface area contributed by atoms with Crippen LogP contribution in [-0.2, 0) is 22.7 Å². The average Bonchev–Trinajstić information content (AvgIpc) is 2.97. The maximum absolute atomic E-state index is 14.3. The fourth-order valence-corrected chi connectivity index (χ4v) is 8.06. The Morgan fingerprint density at radius 2 is 1.41 bits per heavy atom. The molecule has 2 aliphatic carbocycles. The Labute approximate surface area is 285 Å². The standard InChI is InChI=1S/C39H41BrClNO4/c1-6-45-33-17-26(16-28(40)37(33)46-23-25-13-10-14-27(41)15-25)34-35-29(18-38(2,3)20-31(35)43)42(22-24-11-8-7-9-12-24)30-19-39(4,5)21-32(44)36(30)34/h7-17,34H,6,18-23H2,1-5H3. The summed E-state index contributed by atoms with van der Waals surface area (Å²) >= 11 is 9.99. The van der Waals surface area contributed by atoms with Crippen molar-refractivity contribution in [1.82, 2.24) is 4.90 Å². The van der Waals surface area contributed by atoms with Gasteiger partial charge in [0, 0.05) is 52.9 Å². The monoisotopic (exact) mass is 701 g/mol. The van der Waals surface area contributed by atoms with Crippen LogP contribution in [-0.4, -0.2) is 23.1 Å². The number of benzene rings is 3. The molecule has 6 rings (SSSR count). The molecule has 0 bridgehead atoms. The molecule has 0 unspecified atom stereocenters. The van der Waals surface area contributed by atoms with E-state index in [1.165, 1.54) is 0 Å². The molecule has 0 N–H and O–H groups in total. The largest absolute Gasteiger partial charge is 0.490 e. The highest BCUT2D eigenvalue weighted by Crippen LogP contribution is 2.56. The highest BCUT2D eigenvalue weighted by molar-refractivity contribution is 9.10. The number of halogens is 2. The van der Waals surface area contributed by atoms with Crippen LogP contribution in [0.3, 0.4) is 0 Å². The number of Topliss-reactive ketones (excluding diaryl/α,β-unsaturated/α-hetero) is 2. The Kier molecular flexibility index (Phi) is 8.99. The molecule has 0 amide bonds. The van der Waals surface area contributed by atoms with Crippen LogP contribution in [0.15, 0.2) is 93.7 Å². The summed E-state index contributed by atoms with van der Waals surface area (Å²) in [4.78, 5) is 30.9. The van der Waals surface area contributed by atoms with E-state index in [1.54, 1.807) is 0 Å². The quantitative estimate of drug-likeness (QED) is 0.234. The lowest BCUT2D eigenvalue weighted by Crippen LogP contribution is -2.44. The SMILES string of the molecule is CCOc1cc(C2C3=C(CC(C)(C)CC3=O)N(Cc3ccccc3)C3=C2C(=O)CC(C)(C)C3)cc(Br)c1OCc1cccc(Cl)c1. The fourth-order valence-electron chi connectivity index (χ4n) is 7.28. The summed E-state index contributed by atoms with van der Waals surface area (Å²) in [5.41, 5.74) is 6.09. The van der Waals surface area contributed by atoms with E-state index in [0.29, 0.717) is 53.6 Å². The van der Waals surface area contributed by atoms with E-state index in [2.05, 4.69) is 60.7 Å². The molecule has 7 heteroatoms. The highest BCUT2D eigenvalue weighted by atomic mass is 79.9. The number of nitrogens with zero attached hydrogens (tertiary/aromatic N) is 1. The molecule has 0 fully saturated rings. The molecule has 3 aliphatic rings. The first-order valence-electron chi connectivity index (χ1n) is 16.0. The van der Waals surface area contributed by atoms with E-state index < -0.39 is 5.92 Å². The van der Waals surface area contributed by atoms with Crippen molar-refractivity contribution in [3.05, 3.63) is 115 Å². The number of carbonyl (C=O) groups excluding carboxylic acids is 2. The second kappa shape index (κ2) is 12.7. The van der Waals surface area contributed by atoms with E-state index in [9.17, 15) is 9.59 Å². The topological polar surface area (TPSA) is 55.8 Å². The van der Waals surface area contributed by atoms with Crippen LogP contribution in [0.4, 0.5) is 0 Å². The van der Waals surface area contributed by atoms with Crippen molar-refractivity contribution in [2.24, 2.45) is 10.8 Å². The molecule has 240 valence electrons. The summed E-state index contributed by atoms with van der Waals surface area (Å²) in [6, 6.07) is 21.9. The Hall–Kier alpha value is -3.35. The number of hydrogen-bond donors (Lipinski definition) is 0. The first kappa shape index (κ1) is 32.6. The molecule has 0 saturated carbocycles. The minimum atomic E-state index is -0.485. The van der Waals surface area contributed by atoms with Gasteiger partial charge in [-0.3, -0.25) is 9.59 Å². The Bertz CT molecular complexity index is 1700. The minimum absolute atomic E-state index is 0.105. The van der Waals surface area contributed by atoms with Gasteiger partial charge in [-0.25, -0.2) is 0 Å². The lowest BCUT2D eigenvalue weighted by Gasteiger charge is -2.49. The van der Waals surface area contributed by atoms with Gasteiger partial charge in [0.15, 0.2) is 23.1 Å². The van der Waals surface area contributed by atoms with Gasteiger partial charge < -0.3 is 14.4 Å². The maximum atomic E-state index is 14.3. The zero-order valence-corrected chi connectivity index (χ0v) is 29.6. The minimum Gasteiger partial charge on any atom is -0.490 e. The van der Waals surface area contributed by atoms with Gasteiger partial charge >= 0.3 is 0 Å². The third-order valence-electron chi connectivity index (χ3n) is 9.14. The number of ketones is 2. The van der Waals surface area contributed by atoms with Crippen LogP contribution in [0, 0.1) is 10.8 Å². The molecular weight excluding hydrogens is 662 g/mol. The molecule has 1 heterocycles. The molecule has 3 aromatic carbocycles. The summed E-state index contributed by atoms with van der Waals surface area (Å²) < 4.78 is 13.2. The Balaban J connectivity index is 1.51. The second-order valence-corrected chi connectivity index (χ2v) is 15.6. The van der Waals surface area contributed by atoms with E-state index >= 15 is 0 Å². The van der Waals surface area contributed by atoms with Gasteiger partial charge in [0.2, 0.25) is 0 Å². The van der Waals surface area contributed by atoms with Gasteiger partial charge in [-0.1, -0.05) is 81.8 Å². The molecule has 5 nitrogen and oxygen atoms in total. The van der Waals surface area contributed by atoms with Crippen LogP contribution >= 0.6 is 27.5 Å². The van der Waals surface area contributed by atoms with Crippen LogP contribution in [0.25, 0.3) is 0 Å². The van der Waals surface area contributed by atoms with Crippen molar-refractivity contribution >= 4 is 39.1 Å². The number of hydrogen-bond acceptors (Lipinski definition) is 5. The molecule has 0 atom stereocenters. The van der Waals surface area contributed by atoms with Gasteiger partial charge in [-0.15, -0.1) is 0 Å². The van der Waals surface area contributed by atoms with E-state index in [-0.39, 0.29) is 22.4 Å². The molecule has 0 radical (unpaired) electrons. The molecule has 0 aromatic heterocycles. The van der Waals surface area contributed by atoms with Crippen LogP contribution in [0.2, 0.25) is 5.02 Å². The average molecular weight is 703 g/mol. The number of ether oxygens (including phenoxy) is 2. The first-order valence-corrected chi connectivity index (χ1v) is 17.2. The van der Waals surface area contributed by atoms with E-state index in [0.717, 1.165) is 52.1 Å². The van der Waals surface area contributed by atoms with Crippen molar-refractivity contribution in [1.29, 1.82) is 0 Å². The lowest BCUT2D eigenvalue weighted by atomic mass is 9.63. The third-order valence-corrected chi connectivity index (χ3v) is 9.97. The highest BCUT2D eigenvalue weighted by Gasteiger charge is 2.49. The van der Waals surface area contributed by atoms with Crippen molar-refractivity contribution in [2.45, 2.75) is 79.4 Å². The van der Waals surface area contributed by atoms with Gasteiger partial charge in [-0.2, -0.15) is 0 Å². The van der Waals surface area contributed by atoms with Gasteiger partial charge in [0.1, 0.15) is 6.61 Å². The van der Waals surface area contributed by atoms with Crippen LogP contribution in [0.5, 0.6) is 11.5 Å². The van der Waals surface area contributed by atoms with Gasteiger partial charge in [0.25, 0.3) is 0 Å². The lowest BCUT2D eigenvalue weighted by molar-refractivity contribution is -0.119. The van der Waals surface area contributed by atoms with E-state index in [4.69, 9.17) is 21.1 Å². The second-order valence-electron chi connectivity index (χ2n) is 14.3. The van der Waals surface area contributed by atoms with Crippen molar-refractivity contribution in [2.75, 3.05) is 6.61 Å². The normalized spacial score (nSPS) is 19.2. The van der Waals surface area contributed by atoms with Crippen LogP contribution < -0.4 is 9.47 Å². The predicted molar refractivity (Wildman–Crippen MR) is 186 cm³/mol. The smallest absolute Gasteiger partial charge is 0.175 e. The predicted octanol–water partition coefficient (Wildman–Crippen LogP) is 9.97. The van der Waals surface area contributed by atoms with Crippen LogP contribution in [0.1, 0.15) is 82.9 Å². The maximum Gasteiger partial charge on any atom is 0.175 e. The van der Waals surface area contributed by atoms with Crippen molar-refractivity contribution in [3.63, 3.8) is 0 Å². The Morgan fingerprint density at radius 1 is 0.804 bits per heavy atom. The van der Waals surface area contributed by atoms with Crippen molar-refractivity contribution in [3.8, 4) is 11.5 Å². The molecule has 46 heavy (non-hydrogen) atoms. The summed E-state index contributed by atoms with van der Waals surface area (Å²) in [6.45, 7) is 12.0. The zero-order valence-electron chi connectivity index (χ0n) is 27.2. The number of carbonyl (C=O) groups is 2. The van der Waals surface area contributed by atoms with Crippen molar-refractivity contribution < 1.29 is 19.1 Å². The van der Waals surface area contributed by atoms with E-state index in [1.807, 2.05) is 61.5 Å².